The molecule has 0 aliphatic heterocycles. The molecule has 214 valence electrons. The van der Waals surface area contributed by atoms with Crippen molar-refractivity contribution in [1.82, 2.24) is 15.6 Å². The molecule has 0 aliphatic rings. The molecule has 0 saturated carbocycles. The van der Waals surface area contributed by atoms with Crippen molar-refractivity contribution in [1.29, 1.82) is 0 Å². The fourth-order valence-electron chi connectivity index (χ4n) is 4.29. The molecule has 0 spiro atoms. The molecule has 0 saturated heterocycles. The minimum Gasteiger partial charge on any atom is -0.461 e. The smallest absolute Gasteiger partial charge is 0.408 e. The highest BCUT2D eigenvalue weighted by molar-refractivity contribution is 7.09. The van der Waals surface area contributed by atoms with Crippen LogP contribution in [0.3, 0.4) is 0 Å². The zero-order valence-electron chi connectivity index (χ0n) is 23.8. The van der Waals surface area contributed by atoms with Gasteiger partial charge in [0.25, 0.3) is 0 Å². The summed E-state index contributed by atoms with van der Waals surface area (Å²) in [6, 6.07) is 16.4. The molecule has 2 N–H and O–H groups in total. The molecule has 0 aliphatic carbocycles. The van der Waals surface area contributed by atoms with Crippen molar-refractivity contribution >= 4 is 29.3 Å². The van der Waals surface area contributed by atoms with E-state index in [9.17, 15) is 14.4 Å². The number of thiazole rings is 1. The maximum absolute atomic E-state index is 13.4. The molecule has 0 fully saturated rings. The second kappa shape index (κ2) is 15.2. The lowest BCUT2D eigenvalue weighted by Gasteiger charge is -2.24. The largest absolute Gasteiger partial charge is 0.461 e. The topological polar surface area (TPSA) is 107 Å². The number of hydrogen-bond donors (Lipinski definition) is 2. The fraction of sp³-hybridized carbons (Fsp3) is 0.419. The molecule has 0 radical (unpaired) electrons. The lowest BCUT2D eigenvalue weighted by Crippen LogP contribution is -2.48. The predicted octanol–water partition coefficient (Wildman–Crippen LogP) is 6.53. The molecule has 3 rings (SSSR count). The lowest BCUT2D eigenvalue weighted by molar-refractivity contribution is -0.124. The van der Waals surface area contributed by atoms with Crippen LogP contribution in [0.25, 0.3) is 11.1 Å². The summed E-state index contributed by atoms with van der Waals surface area (Å²) in [6.45, 7) is 10.1. The van der Waals surface area contributed by atoms with Gasteiger partial charge in [-0.1, -0.05) is 82.3 Å². The van der Waals surface area contributed by atoms with Crippen molar-refractivity contribution < 1.29 is 23.9 Å². The van der Waals surface area contributed by atoms with Gasteiger partial charge in [-0.25, -0.2) is 14.6 Å². The number of carbonyl (C=O) groups is 3. The molecule has 1 heterocycles. The Morgan fingerprint density at radius 3 is 2.23 bits per heavy atom. The van der Waals surface area contributed by atoms with Crippen LogP contribution in [0.4, 0.5) is 4.79 Å². The van der Waals surface area contributed by atoms with Gasteiger partial charge in [-0.3, -0.25) is 4.79 Å². The number of ether oxygens (including phenoxy) is 2. The van der Waals surface area contributed by atoms with Crippen LogP contribution >= 0.6 is 11.3 Å². The van der Waals surface area contributed by atoms with Gasteiger partial charge in [0.1, 0.15) is 17.7 Å². The van der Waals surface area contributed by atoms with E-state index in [1.54, 1.807) is 12.3 Å². The number of hydrogen-bond acceptors (Lipinski definition) is 7. The molecule has 8 nitrogen and oxygen atoms in total. The minimum atomic E-state index is -0.795. The van der Waals surface area contributed by atoms with Gasteiger partial charge in [-0.05, 0) is 48.3 Å². The lowest BCUT2D eigenvalue weighted by atomic mass is 10.0. The molecule has 1 aromatic heterocycles. The van der Waals surface area contributed by atoms with Crippen LogP contribution in [0.1, 0.15) is 74.6 Å². The molecule has 2 aromatic carbocycles. The van der Waals surface area contributed by atoms with Crippen LogP contribution in [0.2, 0.25) is 0 Å². The standard InChI is InChI=1S/C31H39N3O5S/c1-6-38-30(36)27-19-40-29(33-27)26(17-21(4)5)32-28(35)25(16-20(2)3)34-31(37)39-18-23-14-10-11-15-24(23)22-12-8-7-9-13-22/h7-15,19-21,25-26H,6,16-18H2,1-5H3,(H,32,35)(H,34,37). The third kappa shape index (κ3) is 9.19. The quantitative estimate of drug-likeness (QED) is 0.228. The molecular formula is C31H39N3O5S. The van der Waals surface area contributed by atoms with Gasteiger partial charge in [0.15, 0.2) is 5.69 Å². The summed E-state index contributed by atoms with van der Waals surface area (Å²) in [4.78, 5) is 42.8. The number of nitrogens with zero attached hydrogens (tertiary/aromatic N) is 1. The Labute approximate surface area is 240 Å². The van der Waals surface area contributed by atoms with E-state index in [0.29, 0.717) is 17.8 Å². The molecule has 0 bridgehead atoms. The van der Waals surface area contributed by atoms with Crippen LogP contribution in [-0.2, 0) is 20.9 Å². The van der Waals surface area contributed by atoms with E-state index in [-0.39, 0.29) is 36.7 Å². The van der Waals surface area contributed by atoms with E-state index in [1.165, 1.54) is 11.3 Å². The summed E-state index contributed by atoms with van der Waals surface area (Å²) >= 11 is 1.30. The second-order valence-corrected chi connectivity index (χ2v) is 11.3. The number of rotatable bonds is 13. The van der Waals surface area contributed by atoms with Crippen molar-refractivity contribution in [2.75, 3.05) is 6.61 Å². The summed E-state index contributed by atoms with van der Waals surface area (Å²) in [6.07, 6.45) is 0.390. The average Bonchev–Trinajstić information content (AvgIpc) is 3.42. The Morgan fingerprint density at radius 2 is 1.55 bits per heavy atom. The highest BCUT2D eigenvalue weighted by Gasteiger charge is 2.28. The summed E-state index contributed by atoms with van der Waals surface area (Å²) in [7, 11) is 0. The molecule has 2 atom stereocenters. The van der Waals surface area contributed by atoms with E-state index < -0.39 is 24.1 Å². The van der Waals surface area contributed by atoms with Gasteiger partial charge in [0.2, 0.25) is 5.91 Å². The summed E-state index contributed by atoms with van der Waals surface area (Å²) in [5.74, 6) is -0.412. The van der Waals surface area contributed by atoms with Gasteiger partial charge < -0.3 is 20.1 Å². The molecule has 40 heavy (non-hydrogen) atoms. The Balaban J connectivity index is 1.69. The first kappa shape index (κ1) is 30.8. The number of nitrogens with one attached hydrogen (secondary N) is 2. The highest BCUT2D eigenvalue weighted by Crippen LogP contribution is 2.26. The predicted molar refractivity (Wildman–Crippen MR) is 157 cm³/mol. The van der Waals surface area contributed by atoms with Crippen LogP contribution in [-0.4, -0.2) is 35.6 Å². The van der Waals surface area contributed by atoms with E-state index in [4.69, 9.17) is 9.47 Å². The molecule has 2 amide bonds. The average molecular weight is 566 g/mol. The Kier molecular flexibility index (Phi) is 11.7. The van der Waals surface area contributed by atoms with E-state index in [2.05, 4.69) is 15.6 Å². The van der Waals surface area contributed by atoms with Crippen molar-refractivity contribution in [3.05, 3.63) is 76.2 Å². The van der Waals surface area contributed by atoms with Crippen molar-refractivity contribution in [3.63, 3.8) is 0 Å². The molecular weight excluding hydrogens is 526 g/mol. The van der Waals surface area contributed by atoms with Crippen molar-refractivity contribution in [2.45, 2.75) is 66.2 Å². The first-order valence-electron chi connectivity index (χ1n) is 13.7. The summed E-state index contributed by atoms with van der Waals surface area (Å²) in [5, 5.41) is 8.07. The maximum Gasteiger partial charge on any atom is 0.408 e. The van der Waals surface area contributed by atoms with Gasteiger partial charge in [0, 0.05) is 5.38 Å². The minimum absolute atomic E-state index is 0.0681. The van der Waals surface area contributed by atoms with Gasteiger partial charge in [-0.15, -0.1) is 11.3 Å². The first-order valence-corrected chi connectivity index (χ1v) is 14.5. The third-order valence-corrected chi connectivity index (χ3v) is 7.06. The van der Waals surface area contributed by atoms with Gasteiger partial charge >= 0.3 is 12.1 Å². The zero-order valence-corrected chi connectivity index (χ0v) is 24.6. The SMILES string of the molecule is CCOC(=O)c1csc(C(CC(C)C)NC(=O)C(CC(C)C)NC(=O)OCc2ccccc2-c2ccccc2)n1. The third-order valence-electron chi connectivity index (χ3n) is 6.10. The van der Waals surface area contributed by atoms with Gasteiger partial charge in [-0.2, -0.15) is 0 Å². The van der Waals surface area contributed by atoms with E-state index >= 15 is 0 Å². The number of esters is 1. The number of benzene rings is 2. The number of amides is 2. The van der Waals surface area contributed by atoms with Gasteiger partial charge in [0.05, 0.1) is 12.6 Å². The van der Waals surface area contributed by atoms with Crippen LogP contribution < -0.4 is 10.6 Å². The first-order chi connectivity index (χ1) is 19.2. The van der Waals surface area contributed by atoms with Crippen LogP contribution in [0.5, 0.6) is 0 Å². The summed E-state index contributed by atoms with van der Waals surface area (Å²) < 4.78 is 10.6. The Morgan fingerprint density at radius 1 is 0.875 bits per heavy atom. The molecule has 3 aromatic rings. The Hall–Kier alpha value is -3.72. The second-order valence-electron chi connectivity index (χ2n) is 10.4. The fourth-order valence-corrected chi connectivity index (χ4v) is 5.14. The number of alkyl carbamates (subject to hydrolysis) is 1. The van der Waals surface area contributed by atoms with E-state index in [0.717, 1.165) is 16.7 Å². The summed E-state index contributed by atoms with van der Waals surface area (Å²) in [5.41, 5.74) is 3.10. The van der Waals surface area contributed by atoms with E-state index in [1.807, 2.05) is 82.3 Å². The zero-order chi connectivity index (χ0) is 29.1. The maximum atomic E-state index is 13.4. The molecule has 2 unspecified atom stereocenters. The monoisotopic (exact) mass is 565 g/mol. The number of carbonyl (C=O) groups excluding carboxylic acids is 3. The van der Waals surface area contributed by atoms with Crippen molar-refractivity contribution in [2.24, 2.45) is 11.8 Å². The van der Waals surface area contributed by atoms with Crippen LogP contribution in [0.15, 0.2) is 60.0 Å². The van der Waals surface area contributed by atoms with Crippen LogP contribution in [0, 0.1) is 11.8 Å². The number of aromatic nitrogens is 1. The van der Waals surface area contributed by atoms with Crippen molar-refractivity contribution in [3.8, 4) is 11.1 Å². The highest BCUT2D eigenvalue weighted by atomic mass is 32.1. The Bertz CT molecular complexity index is 1260. The molecule has 9 heteroatoms. The normalized spacial score (nSPS) is 12.6.